The summed E-state index contributed by atoms with van der Waals surface area (Å²) in [6.07, 6.45) is 1.95. The highest BCUT2D eigenvalue weighted by Crippen LogP contribution is 2.35. The van der Waals surface area contributed by atoms with Gasteiger partial charge in [0.25, 0.3) is 0 Å². The molecule has 0 spiro atoms. The van der Waals surface area contributed by atoms with E-state index in [1.165, 1.54) is 0 Å². The number of carbonyl (C=O) groups excluding carboxylic acids is 1. The van der Waals surface area contributed by atoms with Crippen LogP contribution in [0.5, 0.6) is 0 Å². The van der Waals surface area contributed by atoms with Gasteiger partial charge in [0.05, 0.1) is 12.0 Å². The lowest BCUT2D eigenvalue weighted by Crippen LogP contribution is -2.71. The van der Waals surface area contributed by atoms with Gasteiger partial charge in [0.2, 0.25) is 0 Å². The lowest BCUT2D eigenvalue weighted by atomic mass is 9.84. The van der Waals surface area contributed by atoms with Gasteiger partial charge in [-0.05, 0) is 46.7 Å². The highest BCUT2D eigenvalue weighted by atomic mass is 16.6. The zero-order valence-electron chi connectivity index (χ0n) is 12.5. The molecule has 2 heterocycles. The summed E-state index contributed by atoms with van der Waals surface area (Å²) >= 11 is 0. The maximum atomic E-state index is 12.0. The van der Waals surface area contributed by atoms with Crippen LogP contribution in [0, 0.1) is 0 Å². The van der Waals surface area contributed by atoms with Crippen LogP contribution in [-0.4, -0.2) is 64.3 Å². The number of hydrogen-bond donors (Lipinski definition) is 1. The molecule has 114 valence electrons. The first-order chi connectivity index (χ1) is 9.22. The maximum Gasteiger partial charge on any atom is 0.410 e. The van der Waals surface area contributed by atoms with E-state index in [1.807, 2.05) is 20.8 Å². The van der Waals surface area contributed by atoms with Gasteiger partial charge in [-0.1, -0.05) is 0 Å². The zero-order valence-corrected chi connectivity index (χ0v) is 12.5. The van der Waals surface area contributed by atoms with Crippen LogP contribution >= 0.6 is 0 Å². The first-order valence-corrected chi connectivity index (χ1v) is 7.17. The van der Waals surface area contributed by atoms with Crippen LogP contribution in [0.1, 0.15) is 40.0 Å². The number of amides is 1. The molecule has 0 aromatic heterocycles. The van der Waals surface area contributed by atoms with Crippen molar-refractivity contribution in [1.29, 1.82) is 0 Å². The van der Waals surface area contributed by atoms with E-state index in [0.717, 1.165) is 25.9 Å². The van der Waals surface area contributed by atoms with Crippen molar-refractivity contribution in [3.8, 4) is 0 Å². The molecule has 2 fully saturated rings. The summed E-state index contributed by atoms with van der Waals surface area (Å²) in [5.41, 5.74) is -0.908. The second-order valence-electron chi connectivity index (χ2n) is 6.83. The molecule has 0 saturated carbocycles. The van der Waals surface area contributed by atoms with Gasteiger partial charge in [0, 0.05) is 13.1 Å². The van der Waals surface area contributed by atoms with Crippen LogP contribution in [0.15, 0.2) is 0 Å². The van der Waals surface area contributed by atoms with Crippen LogP contribution in [0.25, 0.3) is 0 Å². The minimum atomic E-state index is -0.805. The van der Waals surface area contributed by atoms with Gasteiger partial charge < -0.3 is 14.7 Å². The molecule has 0 aliphatic carbocycles. The summed E-state index contributed by atoms with van der Waals surface area (Å²) in [7, 11) is 0. The van der Waals surface area contributed by atoms with Crippen molar-refractivity contribution in [3.05, 3.63) is 0 Å². The lowest BCUT2D eigenvalue weighted by molar-refractivity contribution is -0.145. The van der Waals surface area contributed by atoms with Gasteiger partial charge in [0.15, 0.2) is 0 Å². The third kappa shape index (κ3) is 3.23. The van der Waals surface area contributed by atoms with Crippen LogP contribution < -0.4 is 0 Å². The molecule has 0 radical (unpaired) electrons. The van der Waals surface area contributed by atoms with E-state index in [0.29, 0.717) is 13.1 Å². The number of carbonyl (C=O) groups is 2. The number of ether oxygens (including phenoxy) is 1. The minimum absolute atomic E-state index is 0.0896. The van der Waals surface area contributed by atoms with E-state index in [-0.39, 0.29) is 18.1 Å². The average molecular weight is 284 g/mol. The van der Waals surface area contributed by atoms with Crippen LogP contribution in [-0.2, 0) is 9.53 Å². The predicted octanol–water partition coefficient (Wildman–Crippen LogP) is 1.55. The van der Waals surface area contributed by atoms with E-state index in [9.17, 15) is 9.59 Å². The van der Waals surface area contributed by atoms with Crippen molar-refractivity contribution in [2.24, 2.45) is 0 Å². The molecule has 6 heteroatoms. The van der Waals surface area contributed by atoms with Crippen molar-refractivity contribution in [2.45, 2.75) is 51.2 Å². The Morgan fingerprint density at radius 1 is 1.20 bits per heavy atom. The molecule has 6 nitrogen and oxygen atoms in total. The van der Waals surface area contributed by atoms with Gasteiger partial charge in [-0.25, -0.2) is 4.79 Å². The number of nitrogens with zero attached hydrogens (tertiary/aromatic N) is 2. The summed E-state index contributed by atoms with van der Waals surface area (Å²) in [6.45, 7) is 8.24. The van der Waals surface area contributed by atoms with Crippen molar-refractivity contribution < 1.29 is 19.4 Å². The van der Waals surface area contributed by atoms with Gasteiger partial charge in [0.1, 0.15) is 5.60 Å². The van der Waals surface area contributed by atoms with Crippen LogP contribution in [0.2, 0.25) is 0 Å². The highest BCUT2D eigenvalue weighted by Gasteiger charge is 2.52. The first kappa shape index (κ1) is 15.1. The smallest absolute Gasteiger partial charge is 0.410 e. The molecule has 2 aliphatic rings. The molecule has 1 amide bonds. The standard InChI is InChI=1S/C14H24N2O4/c1-13(2,3)20-12(19)15-9-14(10-15,8-11(17)18)16-6-4-5-7-16/h4-10H2,1-3H3,(H,17,18). The molecule has 20 heavy (non-hydrogen) atoms. The minimum Gasteiger partial charge on any atom is -0.481 e. The third-order valence-electron chi connectivity index (χ3n) is 3.88. The number of aliphatic carboxylic acids is 1. The fourth-order valence-corrected chi connectivity index (χ4v) is 3.02. The quantitative estimate of drug-likeness (QED) is 0.851. The van der Waals surface area contributed by atoms with Crippen molar-refractivity contribution in [3.63, 3.8) is 0 Å². The monoisotopic (exact) mass is 284 g/mol. The third-order valence-corrected chi connectivity index (χ3v) is 3.88. The summed E-state index contributed by atoms with van der Waals surface area (Å²) in [4.78, 5) is 26.9. The lowest BCUT2D eigenvalue weighted by Gasteiger charge is -2.54. The summed E-state index contributed by atoms with van der Waals surface area (Å²) < 4.78 is 5.32. The predicted molar refractivity (Wildman–Crippen MR) is 73.6 cm³/mol. The number of carboxylic acids is 1. The molecule has 1 N–H and O–H groups in total. The largest absolute Gasteiger partial charge is 0.481 e. The van der Waals surface area contributed by atoms with Crippen molar-refractivity contribution in [2.75, 3.05) is 26.2 Å². The summed E-state index contributed by atoms with van der Waals surface area (Å²) in [5, 5.41) is 9.12. The molecule has 0 unspecified atom stereocenters. The topological polar surface area (TPSA) is 70.1 Å². The van der Waals surface area contributed by atoms with Gasteiger partial charge in [-0.15, -0.1) is 0 Å². The van der Waals surface area contributed by atoms with Gasteiger partial charge >= 0.3 is 12.1 Å². The summed E-state index contributed by atoms with van der Waals surface area (Å²) in [5.74, 6) is -0.805. The SMILES string of the molecule is CC(C)(C)OC(=O)N1CC(CC(=O)O)(N2CCCC2)C1. The Morgan fingerprint density at radius 3 is 2.20 bits per heavy atom. The molecule has 2 aliphatic heterocycles. The Kier molecular flexibility index (Phi) is 3.95. The Balaban J connectivity index is 1.97. The first-order valence-electron chi connectivity index (χ1n) is 7.17. The molecule has 2 saturated heterocycles. The second-order valence-corrected chi connectivity index (χ2v) is 6.83. The highest BCUT2D eigenvalue weighted by molar-refractivity contribution is 5.73. The van der Waals surface area contributed by atoms with Gasteiger partial charge in [-0.2, -0.15) is 0 Å². The average Bonchev–Trinajstić information content (AvgIpc) is 2.72. The van der Waals surface area contributed by atoms with Crippen molar-refractivity contribution in [1.82, 2.24) is 9.80 Å². The fourth-order valence-electron chi connectivity index (χ4n) is 3.02. The molecule has 0 bridgehead atoms. The molecule has 0 aromatic rings. The van der Waals surface area contributed by atoms with E-state index in [2.05, 4.69) is 4.90 Å². The fraction of sp³-hybridized carbons (Fsp3) is 0.857. The van der Waals surface area contributed by atoms with E-state index in [4.69, 9.17) is 9.84 Å². The Morgan fingerprint density at radius 2 is 1.75 bits per heavy atom. The van der Waals surface area contributed by atoms with E-state index < -0.39 is 11.6 Å². The normalized spacial score (nSPS) is 22.4. The van der Waals surface area contributed by atoms with Gasteiger partial charge in [-0.3, -0.25) is 9.69 Å². The van der Waals surface area contributed by atoms with E-state index >= 15 is 0 Å². The zero-order chi connectivity index (χ0) is 15.0. The van der Waals surface area contributed by atoms with Crippen molar-refractivity contribution >= 4 is 12.1 Å². The Hall–Kier alpha value is -1.30. The number of likely N-dealkylation sites (tertiary alicyclic amines) is 2. The number of hydrogen-bond acceptors (Lipinski definition) is 4. The maximum absolute atomic E-state index is 12.0. The Bertz CT molecular complexity index is 390. The van der Waals surface area contributed by atoms with Crippen LogP contribution in [0.4, 0.5) is 4.79 Å². The summed E-state index contributed by atoms with van der Waals surface area (Å²) in [6, 6.07) is 0. The molecule has 0 atom stereocenters. The second kappa shape index (κ2) is 5.24. The van der Waals surface area contributed by atoms with Crippen LogP contribution in [0.3, 0.4) is 0 Å². The number of rotatable bonds is 3. The molecular formula is C14H24N2O4. The Labute approximate surface area is 119 Å². The molecular weight excluding hydrogens is 260 g/mol. The van der Waals surface area contributed by atoms with E-state index in [1.54, 1.807) is 4.90 Å². The molecule has 0 aromatic carbocycles. The molecule has 2 rings (SSSR count). The number of carboxylic acid groups (broad SMARTS) is 1.